The fourth-order valence-electron chi connectivity index (χ4n) is 1.82. The quantitative estimate of drug-likeness (QED) is 0.615. The largest absolute Gasteiger partial charge is 0.329 e. The number of nitrogens with two attached hydrogens (primary N) is 1. The molecule has 0 aromatic rings. The van der Waals surface area contributed by atoms with Crippen molar-refractivity contribution in [3.05, 3.63) is 0 Å². The molecule has 0 aromatic carbocycles. The number of hydrogen-bond acceptors (Lipinski definition) is 2. The minimum atomic E-state index is 0.510. The van der Waals surface area contributed by atoms with Crippen LogP contribution in [0.4, 0.5) is 0 Å². The second-order valence-electron chi connectivity index (χ2n) is 4.49. The lowest BCUT2D eigenvalue weighted by Gasteiger charge is -2.41. The summed E-state index contributed by atoms with van der Waals surface area (Å²) in [4.78, 5) is 2.38. The molecule has 0 spiro atoms. The van der Waals surface area contributed by atoms with Gasteiger partial charge >= 0.3 is 0 Å². The van der Waals surface area contributed by atoms with E-state index in [2.05, 4.69) is 25.8 Å². The summed E-state index contributed by atoms with van der Waals surface area (Å²) in [7, 11) is 2.17. The third-order valence-corrected chi connectivity index (χ3v) is 2.82. The average Bonchev–Trinajstić information content (AvgIpc) is 1.94. The van der Waals surface area contributed by atoms with Crippen LogP contribution in [0.15, 0.2) is 0 Å². The van der Waals surface area contributed by atoms with Crippen LogP contribution >= 0.6 is 0 Å². The van der Waals surface area contributed by atoms with Gasteiger partial charge in [-0.25, -0.2) is 0 Å². The first-order chi connectivity index (χ1) is 5.05. The van der Waals surface area contributed by atoms with Crippen molar-refractivity contribution in [1.82, 2.24) is 4.90 Å². The van der Waals surface area contributed by atoms with Gasteiger partial charge in [0.05, 0.1) is 0 Å². The fraction of sp³-hybridized carbons (Fsp3) is 1.00. The van der Waals surface area contributed by atoms with Gasteiger partial charge in [0, 0.05) is 12.6 Å². The van der Waals surface area contributed by atoms with E-state index in [4.69, 9.17) is 5.73 Å². The molecule has 11 heavy (non-hydrogen) atoms. The van der Waals surface area contributed by atoms with E-state index in [1.165, 1.54) is 19.4 Å². The highest BCUT2D eigenvalue weighted by atomic mass is 15.1. The molecule has 1 atom stereocenters. The number of rotatable bonds is 1. The number of piperidine rings is 1. The van der Waals surface area contributed by atoms with E-state index in [-0.39, 0.29) is 0 Å². The Labute approximate surface area is 69.8 Å². The molecule has 0 bridgehead atoms. The summed E-state index contributed by atoms with van der Waals surface area (Å²) < 4.78 is 0. The van der Waals surface area contributed by atoms with Gasteiger partial charge in [-0.05, 0) is 31.8 Å². The van der Waals surface area contributed by atoms with E-state index in [0.29, 0.717) is 11.5 Å². The van der Waals surface area contributed by atoms with E-state index in [1.54, 1.807) is 0 Å². The summed E-state index contributed by atoms with van der Waals surface area (Å²) in [6, 6.07) is 0.610. The minimum absolute atomic E-state index is 0.510. The highest BCUT2D eigenvalue weighted by Gasteiger charge is 2.29. The zero-order valence-corrected chi connectivity index (χ0v) is 7.93. The van der Waals surface area contributed by atoms with Crippen molar-refractivity contribution in [3.8, 4) is 0 Å². The average molecular weight is 156 g/mol. The number of hydrogen-bond donors (Lipinski definition) is 1. The molecule has 1 aliphatic heterocycles. The van der Waals surface area contributed by atoms with Gasteiger partial charge in [0.15, 0.2) is 0 Å². The van der Waals surface area contributed by atoms with Gasteiger partial charge < -0.3 is 10.6 Å². The standard InChI is InChI=1S/C9H20N2/c1-9(2)4-5-11(3)8(6-9)7-10/h8H,4-7,10H2,1-3H3. The molecule has 1 fully saturated rings. The number of likely N-dealkylation sites (N-methyl/N-ethyl adjacent to an activating group) is 1. The van der Waals surface area contributed by atoms with Crippen LogP contribution in [0, 0.1) is 5.41 Å². The lowest BCUT2D eigenvalue weighted by molar-refractivity contribution is 0.0973. The molecule has 0 saturated carbocycles. The van der Waals surface area contributed by atoms with Crippen LogP contribution in [0.1, 0.15) is 26.7 Å². The Morgan fingerprint density at radius 3 is 2.64 bits per heavy atom. The Morgan fingerprint density at radius 2 is 2.18 bits per heavy atom. The van der Waals surface area contributed by atoms with Gasteiger partial charge in [0.1, 0.15) is 0 Å². The maximum Gasteiger partial charge on any atom is 0.0220 e. The van der Waals surface area contributed by atoms with E-state index in [9.17, 15) is 0 Å². The molecule has 1 heterocycles. The maximum absolute atomic E-state index is 5.67. The lowest BCUT2D eigenvalue weighted by atomic mass is 9.79. The first kappa shape index (κ1) is 9.01. The second kappa shape index (κ2) is 3.11. The molecular formula is C9H20N2. The van der Waals surface area contributed by atoms with Crippen molar-refractivity contribution in [2.45, 2.75) is 32.7 Å². The molecule has 1 aliphatic rings. The maximum atomic E-state index is 5.67. The summed E-state index contributed by atoms with van der Waals surface area (Å²) in [5.41, 5.74) is 6.18. The topological polar surface area (TPSA) is 29.3 Å². The third-order valence-electron chi connectivity index (χ3n) is 2.82. The summed E-state index contributed by atoms with van der Waals surface area (Å²) in [5, 5.41) is 0. The monoisotopic (exact) mass is 156 g/mol. The summed E-state index contributed by atoms with van der Waals surface area (Å²) in [5.74, 6) is 0. The van der Waals surface area contributed by atoms with Crippen molar-refractivity contribution in [2.24, 2.45) is 11.1 Å². The van der Waals surface area contributed by atoms with E-state index in [0.717, 1.165) is 6.54 Å². The van der Waals surface area contributed by atoms with Gasteiger partial charge in [-0.1, -0.05) is 13.8 Å². The molecule has 1 unspecified atom stereocenters. The van der Waals surface area contributed by atoms with Gasteiger partial charge in [-0.3, -0.25) is 0 Å². The second-order valence-corrected chi connectivity index (χ2v) is 4.49. The van der Waals surface area contributed by atoms with Crippen molar-refractivity contribution in [2.75, 3.05) is 20.1 Å². The highest BCUT2D eigenvalue weighted by molar-refractivity contribution is 4.85. The first-order valence-electron chi connectivity index (χ1n) is 4.45. The Kier molecular flexibility index (Phi) is 2.55. The van der Waals surface area contributed by atoms with Crippen molar-refractivity contribution in [3.63, 3.8) is 0 Å². The van der Waals surface area contributed by atoms with E-state index in [1.807, 2.05) is 0 Å². The van der Waals surface area contributed by atoms with Crippen molar-refractivity contribution in [1.29, 1.82) is 0 Å². The first-order valence-corrected chi connectivity index (χ1v) is 4.45. The Balaban J connectivity index is 2.51. The minimum Gasteiger partial charge on any atom is -0.329 e. The molecule has 0 aromatic heterocycles. The predicted molar refractivity (Wildman–Crippen MR) is 48.5 cm³/mol. The lowest BCUT2D eigenvalue weighted by Crippen LogP contribution is -2.46. The van der Waals surface area contributed by atoms with Crippen LogP contribution in [0.2, 0.25) is 0 Å². The van der Waals surface area contributed by atoms with Crippen LogP contribution in [0.25, 0.3) is 0 Å². The SMILES string of the molecule is CN1CCC(C)(C)CC1CN. The molecule has 1 rings (SSSR count). The van der Waals surface area contributed by atoms with Crippen LogP contribution < -0.4 is 5.73 Å². The van der Waals surface area contributed by atoms with Gasteiger partial charge in [0.25, 0.3) is 0 Å². The van der Waals surface area contributed by atoms with Crippen LogP contribution in [0.3, 0.4) is 0 Å². The molecule has 66 valence electrons. The third kappa shape index (κ3) is 2.17. The molecule has 0 aliphatic carbocycles. The fourth-order valence-corrected chi connectivity index (χ4v) is 1.82. The Morgan fingerprint density at radius 1 is 1.55 bits per heavy atom. The van der Waals surface area contributed by atoms with E-state index < -0.39 is 0 Å². The summed E-state index contributed by atoms with van der Waals surface area (Å²) in [6.07, 6.45) is 2.56. The predicted octanol–water partition coefficient (Wildman–Crippen LogP) is 1.07. The van der Waals surface area contributed by atoms with Crippen molar-refractivity contribution >= 4 is 0 Å². The summed E-state index contributed by atoms with van der Waals surface area (Å²) >= 11 is 0. The van der Waals surface area contributed by atoms with Crippen LogP contribution in [0.5, 0.6) is 0 Å². The summed E-state index contributed by atoms with van der Waals surface area (Å²) in [6.45, 7) is 6.68. The molecular weight excluding hydrogens is 136 g/mol. The molecule has 0 amide bonds. The van der Waals surface area contributed by atoms with E-state index >= 15 is 0 Å². The van der Waals surface area contributed by atoms with Crippen LogP contribution in [-0.2, 0) is 0 Å². The highest BCUT2D eigenvalue weighted by Crippen LogP contribution is 2.32. The number of nitrogens with zero attached hydrogens (tertiary/aromatic N) is 1. The normalized spacial score (nSPS) is 32.2. The Hall–Kier alpha value is -0.0800. The van der Waals surface area contributed by atoms with Gasteiger partial charge in [-0.15, -0.1) is 0 Å². The molecule has 2 heteroatoms. The smallest absolute Gasteiger partial charge is 0.0220 e. The van der Waals surface area contributed by atoms with Gasteiger partial charge in [0.2, 0.25) is 0 Å². The molecule has 2 nitrogen and oxygen atoms in total. The Bertz CT molecular complexity index is 132. The zero-order chi connectivity index (χ0) is 8.48. The van der Waals surface area contributed by atoms with Gasteiger partial charge in [-0.2, -0.15) is 0 Å². The zero-order valence-electron chi connectivity index (χ0n) is 7.93. The van der Waals surface area contributed by atoms with Crippen LogP contribution in [-0.4, -0.2) is 31.1 Å². The van der Waals surface area contributed by atoms with Crippen molar-refractivity contribution < 1.29 is 0 Å². The number of likely N-dealkylation sites (tertiary alicyclic amines) is 1. The molecule has 1 saturated heterocycles. The molecule has 2 N–H and O–H groups in total. The molecule has 0 radical (unpaired) electrons.